The van der Waals surface area contributed by atoms with Crippen molar-refractivity contribution in [1.82, 2.24) is 0 Å². The zero-order chi connectivity index (χ0) is 7.02. The largest absolute Gasteiger partial charge is 0.374 e. The Morgan fingerprint density at radius 3 is 1.78 bits per heavy atom. The summed E-state index contributed by atoms with van der Waals surface area (Å²) < 4.78 is 6.28. The number of alkyl halides is 1. The van der Waals surface area contributed by atoms with E-state index in [4.69, 9.17) is 4.74 Å². The van der Waals surface area contributed by atoms with E-state index >= 15 is 0 Å². The van der Waals surface area contributed by atoms with Gasteiger partial charge >= 0.3 is 0 Å². The van der Waals surface area contributed by atoms with Gasteiger partial charge in [0.2, 0.25) is 0 Å². The van der Waals surface area contributed by atoms with Crippen molar-refractivity contribution in [2.24, 2.45) is 5.92 Å². The van der Waals surface area contributed by atoms with Crippen LogP contribution in [0.1, 0.15) is 20.8 Å². The van der Waals surface area contributed by atoms with E-state index in [1.54, 1.807) is 0 Å². The quantitative estimate of drug-likeness (QED) is 0.466. The van der Waals surface area contributed by atoms with Gasteiger partial charge in [-0.3, -0.25) is 0 Å². The van der Waals surface area contributed by atoms with E-state index in [1.165, 1.54) is 0 Å². The molecule has 1 heterocycles. The predicted molar refractivity (Wildman–Crippen MR) is 47.0 cm³/mol. The number of halogens is 1. The molecule has 4 atom stereocenters. The average Bonchev–Trinajstić information content (AvgIpc) is 1.98. The summed E-state index contributed by atoms with van der Waals surface area (Å²) in [5.41, 5.74) is 0. The van der Waals surface area contributed by atoms with Gasteiger partial charge in [0, 0.05) is 3.92 Å². The number of hydrogen-bond acceptors (Lipinski definition) is 1. The lowest BCUT2D eigenvalue weighted by molar-refractivity contribution is 0.0591. The lowest BCUT2D eigenvalue weighted by atomic mass is 10.0. The lowest BCUT2D eigenvalue weighted by Gasteiger charge is -2.08. The normalized spacial score (nSPS) is 52.0. The van der Waals surface area contributed by atoms with Crippen molar-refractivity contribution in [2.45, 2.75) is 36.9 Å². The number of ether oxygens (including phenoxy) is 1. The average molecular weight is 240 g/mol. The summed E-state index contributed by atoms with van der Waals surface area (Å²) >= 11 is 2.47. The first kappa shape index (κ1) is 7.79. The van der Waals surface area contributed by atoms with Crippen LogP contribution in [0.3, 0.4) is 0 Å². The minimum Gasteiger partial charge on any atom is -0.374 e. The highest BCUT2D eigenvalue weighted by atomic mass is 127. The molecule has 1 aliphatic heterocycles. The number of rotatable bonds is 0. The molecule has 54 valence electrons. The molecule has 0 aromatic heterocycles. The van der Waals surface area contributed by atoms with Gasteiger partial charge in [0.25, 0.3) is 0 Å². The summed E-state index contributed by atoms with van der Waals surface area (Å²) in [6, 6.07) is 0. The SMILES string of the molecule is CC1OC(C)C(I)C1C. The van der Waals surface area contributed by atoms with Gasteiger partial charge in [0.1, 0.15) is 0 Å². The Hall–Kier alpha value is 0.690. The zero-order valence-electron chi connectivity index (χ0n) is 6.10. The van der Waals surface area contributed by atoms with Gasteiger partial charge in [0.15, 0.2) is 0 Å². The molecule has 0 bridgehead atoms. The Kier molecular flexibility index (Phi) is 2.37. The van der Waals surface area contributed by atoms with Crippen LogP contribution in [0.2, 0.25) is 0 Å². The fourth-order valence-corrected chi connectivity index (χ4v) is 1.98. The maximum Gasteiger partial charge on any atom is 0.0671 e. The van der Waals surface area contributed by atoms with Gasteiger partial charge in [-0.15, -0.1) is 0 Å². The molecule has 0 spiro atoms. The Morgan fingerprint density at radius 2 is 1.67 bits per heavy atom. The molecule has 1 saturated heterocycles. The smallest absolute Gasteiger partial charge is 0.0671 e. The van der Waals surface area contributed by atoms with E-state index in [9.17, 15) is 0 Å². The highest BCUT2D eigenvalue weighted by molar-refractivity contribution is 14.1. The van der Waals surface area contributed by atoms with E-state index in [0.717, 1.165) is 5.92 Å². The Balaban J connectivity index is 2.54. The van der Waals surface area contributed by atoms with Crippen molar-refractivity contribution in [3.63, 3.8) is 0 Å². The minimum absolute atomic E-state index is 0.454. The predicted octanol–water partition coefficient (Wildman–Crippen LogP) is 2.23. The third-order valence-corrected chi connectivity index (χ3v) is 4.27. The molecule has 9 heavy (non-hydrogen) atoms. The molecule has 0 aromatic carbocycles. The molecule has 0 aliphatic carbocycles. The first-order valence-electron chi connectivity index (χ1n) is 3.42. The van der Waals surface area contributed by atoms with Crippen LogP contribution in [0.15, 0.2) is 0 Å². The topological polar surface area (TPSA) is 9.23 Å². The van der Waals surface area contributed by atoms with Gasteiger partial charge in [-0.2, -0.15) is 0 Å². The summed E-state index contributed by atoms with van der Waals surface area (Å²) in [5, 5.41) is 0. The monoisotopic (exact) mass is 240 g/mol. The van der Waals surface area contributed by atoms with Crippen LogP contribution >= 0.6 is 22.6 Å². The van der Waals surface area contributed by atoms with Crippen LogP contribution in [0, 0.1) is 5.92 Å². The summed E-state index contributed by atoms with van der Waals surface area (Å²) in [6.45, 7) is 6.56. The van der Waals surface area contributed by atoms with Crippen molar-refractivity contribution in [1.29, 1.82) is 0 Å². The molecule has 0 N–H and O–H groups in total. The highest BCUT2D eigenvalue weighted by Crippen LogP contribution is 2.31. The van der Waals surface area contributed by atoms with Crippen LogP contribution in [-0.2, 0) is 4.74 Å². The van der Waals surface area contributed by atoms with Crippen molar-refractivity contribution in [2.75, 3.05) is 0 Å². The molecule has 0 amide bonds. The molecule has 1 nitrogen and oxygen atoms in total. The molecule has 0 saturated carbocycles. The Bertz CT molecular complexity index is 93.1. The molecule has 1 rings (SSSR count). The fourth-order valence-electron chi connectivity index (χ4n) is 1.22. The Morgan fingerprint density at radius 1 is 1.11 bits per heavy atom. The summed E-state index contributed by atoms with van der Waals surface area (Å²) in [6.07, 6.45) is 0.914. The molecule has 4 unspecified atom stereocenters. The van der Waals surface area contributed by atoms with E-state index in [1.807, 2.05) is 0 Å². The van der Waals surface area contributed by atoms with Crippen LogP contribution in [0.25, 0.3) is 0 Å². The summed E-state index contributed by atoms with van der Waals surface area (Å²) in [7, 11) is 0. The fraction of sp³-hybridized carbons (Fsp3) is 1.00. The lowest BCUT2D eigenvalue weighted by Crippen LogP contribution is -2.15. The summed E-state index contributed by atoms with van der Waals surface area (Å²) in [4.78, 5) is 0. The van der Waals surface area contributed by atoms with Crippen molar-refractivity contribution in [3.05, 3.63) is 0 Å². The second-order valence-corrected chi connectivity index (χ2v) is 4.29. The van der Waals surface area contributed by atoms with Gasteiger partial charge in [-0.25, -0.2) is 0 Å². The maximum absolute atomic E-state index is 5.58. The first-order chi connectivity index (χ1) is 4.13. The van der Waals surface area contributed by atoms with Crippen LogP contribution in [0.4, 0.5) is 0 Å². The van der Waals surface area contributed by atoms with Crippen molar-refractivity contribution < 1.29 is 4.74 Å². The van der Waals surface area contributed by atoms with Crippen molar-refractivity contribution >= 4 is 22.6 Å². The molecule has 1 aliphatic rings. The molecule has 0 aromatic rings. The van der Waals surface area contributed by atoms with E-state index in [0.29, 0.717) is 16.1 Å². The second-order valence-electron chi connectivity index (χ2n) is 2.85. The number of hydrogen-bond donors (Lipinski definition) is 0. The van der Waals surface area contributed by atoms with Crippen LogP contribution in [-0.4, -0.2) is 16.1 Å². The van der Waals surface area contributed by atoms with Crippen LogP contribution in [0.5, 0.6) is 0 Å². The third kappa shape index (κ3) is 1.40. The maximum atomic E-state index is 5.58. The van der Waals surface area contributed by atoms with E-state index in [-0.39, 0.29) is 0 Å². The van der Waals surface area contributed by atoms with Crippen LogP contribution < -0.4 is 0 Å². The molecular formula is C7H13IO. The van der Waals surface area contributed by atoms with Gasteiger partial charge in [-0.1, -0.05) is 29.5 Å². The minimum atomic E-state index is 0.454. The van der Waals surface area contributed by atoms with E-state index < -0.39 is 0 Å². The Labute approximate surface area is 70.3 Å². The van der Waals surface area contributed by atoms with Gasteiger partial charge in [0.05, 0.1) is 12.2 Å². The van der Waals surface area contributed by atoms with Gasteiger partial charge in [-0.05, 0) is 19.8 Å². The second kappa shape index (κ2) is 2.74. The third-order valence-electron chi connectivity index (χ3n) is 2.12. The highest BCUT2D eigenvalue weighted by Gasteiger charge is 2.34. The van der Waals surface area contributed by atoms with Crippen molar-refractivity contribution in [3.8, 4) is 0 Å². The molecule has 1 fully saturated rings. The van der Waals surface area contributed by atoms with Gasteiger partial charge < -0.3 is 4.74 Å². The first-order valence-corrected chi connectivity index (χ1v) is 4.67. The summed E-state index contributed by atoms with van der Waals surface area (Å²) in [5.74, 6) is 0.723. The zero-order valence-corrected chi connectivity index (χ0v) is 8.25. The molecular weight excluding hydrogens is 227 g/mol. The molecule has 0 radical (unpaired) electrons. The van der Waals surface area contributed by atoms with E-state index in [2.05, 4.69) is 43.4 Å². The standard InChI is InChI=1S/C7H13IO/c1-4-5(2)9-6(3)7(4)8/h4-7H,1-3H3. The molecule has 2 heteroatoms.